The number of halogens is 1. The van der Waals surface area contributed by atoms with Gasteiger partial charge in [0.05, 0.1) is 0 Å². The van der Waals surface area contributed by atoms with E-state index in [-0.39, 0.29) is 17.1 Å². The van der Waals surface area contributed by atoms with Gasteiger partial charge in [-0.05, 0) is 69.2 Å². The van der Waals surface area contributed by atoms with E-state index in [2.05, 4.69) is 15.1 Å². The lowest BCUT2D eigenvalue weighted by atomic mass is 9.79. The van der Waals surface area contributed by atoms with Crippen LogP contribution in [0.25, 0.3) is 0 Å². The number of carbonyl (C=O) groups is 1. The van der Waals surface area contributed by atoms with Crippen LogP contribution in [0.1, 0.15) is 59.4 Å². The summed E-state index contributed by atoms with van der Waals surface area (Å²) in [6, 6.07) is 6.83. The Hall–Kier alpha value is -2.21. The maximum absolute atomic E-state index is 13.2. The van der Waals surface area contributed by atoms with Crippen LogP contribution in [0.4, 0.5) is 4.39 Å². The zero-order valence-electron chi connectivity index (χ0n) is 16.9. The number of hydrogen-bond acceptors (Lipinski definition) is 3. The van der Waals surface area contributed by atoms with Crippen molar-refractivity contribution in [3.05, 3.63) is 52.6 Å². The quantitative estimate of drug-likeness (QED) is 0.863. The molecule has 6 heteroatoms. The molecule has 1 atom stereocenters. The van der Waals surface area contributed by atoms with E-state index >= 15 is 0 Å². The van der Waals surface area contributed by atoms with Gasteiger partial charge in [0, 0.05) is 42.9 Å². The van der Waals surface area contributed by atoms with Crippen molar-refractivity contribution in [2.24, 2.45) is 5.41 Å². The SMILES string of the molecule is O=C(c1n[nH]c2c1CCCC2)N1CCC2(CCCN(Cc3ccc(F)cc3)C2)C1. The number of piperidine rings is 1. The van der Waals surface area contributed by atoms with E-state index in [1.165, 1.54) is 25.0 Å². The Morgan fingerprint density at radius 1 is 1.07 bits per heavy atom. The minimum Gasteiger partial charge on any atom is -0.337 e. The highest BCUT2D eigenvalue weighted by atomic mass is 19.1. The highest BCUT2D eigenvalue weighted by Gasteiger charge is 2.43. The number of hydrogen-bond donors (Lipinski definition) is 1. The molecule has 1 aromatic heterocycles. The molecular weight excluding hydrogens is 367 g/mol. The number of benzene rings is 1. The van der Waals surface area contributed by atoms with Crippen molar-refractivity contribution in [3.8, 4) is 0 Å². The summed E-state index contributed by atoms with van der Waals surface area (Å²) in [6.45, 7) is 4.58. The fraction of sp³-hybridized carbons (Fsp3) is 0.565. The molecule has 1 unspecified atom stereocenters. The average Bonchev–Trinajstić information content (AvgIpc) is 3.34. The van der Waals surface area contributed by atoms with Crippen molar-refractivity contribution in [2.45, 2.75) is 51.5 Å². The molecule has 154 valence electrons. The van der Waals surface area contributed by atoms with Crippen LogP contribution in [-0.2, 0) is 19.4 Å². The first-order chi connectivity index (χ1) is 14.1. The second kappa shape index (κ2) is 7.56. The van der Waals surface area contributed by atoms with E-state index < -0.39 is 0 Å². The molecule has 2 aromatic rings. The number of nitrogens with one attached hydrogen (secondary N) is 1. The zero-order chi connectivity index (χ0) is 19.8. The molecule has 2 aliphatic heterocycles. The van der Waals surface area contributed by atoms with Crippen LogP contribution in [0, 0.1) is 11.2 Å². The molecule has 1 spiro atoms. The number of nitrogens with zero attached hydrogens (tertiary/aromatic N) is 3. The average molecular weight is 397 g/mol. The van der Waals surface area contributed by atoms with Gasteiger partial charge in [-0.25, -0.2) is 4.39 Å². The van der Waals surface area contributed by atoms with E-state index in [1.54, 1.807) is 0 Å². The second-order valence-corrected chi connectivity index (χ2v) is 9.15. The van der Waals surface area contributed by atoms with Crippen LogP contribution in [0.15, 0.2) is 24.3 Å². The van der Waals surface area contributed by atoms with Gasteiger partial charge in [0.25, 0.3) is 5.91 Å². The van der Waals surface area contributed by atoms with Crippen molar-refractivity contribution in [2.75, 3.05) is 26.2 Å². The lowest BCUT2D eigenvalue weighted by molar-refractivity contribution is 0.0670. The van der Waals surface area contributed by atoms with Crippen LogP contribution < -0.4 is 0 Å². The molecular formula is C23H29FN4O. The Balaban J connectivity index is 1.26. The number of fused-ring (bicyclic) bond motifs is 1. The van der Waals surface area contributed by atoms with Gasteiger partial charge in [-0.3, -0.25) is 14.8 Å². The summed E-state index contributed by atoms with van der Waals surface area (Å²) in [5.74, 6) is -0.0775. The summed E-state index contributed by atoms with van der Waals surface area (Å²) in [4.78, 5) is 17.7. The number of aromatic nitrogens is 2. The summed E-state index contributed by atoms with van der Waals surface area (Å²) < 4.78 is 13.2. The van der Waals surface area contributed by atoms with E-state index in [9.17, 15) is 9.18 Å². The first-order valence-corrected chi connectivity index (χ1v) is 10.9. The Bertz CT molecular complexity index is 893. The van der Waals surface area contributed by atoms with Crippen LogP contribution in [0.2, 0.25) is 0 Å². The van der Waals surface area contributed by atoms with E-state index in [0.29, 0.717) is 5.69 Å². The predicted octanol–water partition coefficient (Wildman–Crippen LogP) is 3.56. The number of amides is 1. The van der Waals surface area contributed by atoms with Crippen molar-refractivity contribution in [1.29, 1.82) is 0 Å². The van der Waals surface area contributed by atoms with Crippen LogP contribution in [0.5, 0.6) is 0 Å². The molecule has 0 saturated carbocycles. The van der Waals surface area contributed by atoms with E-state index in [1.807, 2.05) is 17.0 Å². The maximum atomic E-state index is 13.2. The molecule has 29 heavy (non-hydrogen) atoms. The Kier molecular flexibility index (Phi) is 4.90. The first kappa shape index (κ1) is 18.8. The minimum absolute atomic E-state index is 0.108. The highest BCUT2D eigenvalue weighted by Crippen LogP contribution is 2.40. The van der Waals surface area contributed by atoms with E-state index in [0.717, 1.165) is 81.6 Å². The molecule has 1 aliphatic carbocycles. The predicted molar refractivity (Wildman–Crippen MR) is 109 cm³/mol. The van der Waals surface area contributed by atoms with Crippen LogP contribution in [0.3, 0.4) is 0 Å². The Labute approximate surface area is 171 Å². The third-order valence-corrected chi connectivity index (χ3v) is 7.04. The molecule has 1 N–H and O–H groups in total. The Morgan fingerprint density at radius 3 is 2.76 bits per heavy atom. The Morgan fingerprint density at radius 2 is 1.90 bits per heavy atom. The molecule has 0 bridgehead atoms. The molecule has 2 fully saturated rings. The largest absolute Gasteiger partial charge is 0.337 e. The summed E-state index contributed by atoms with van der Waals surface area (Å²) in [7, 11) is 0. The molecule has 5 nitrogen and oxygen atoms in total. The highest BCUT2D eigenvalue weighted by molar-refractivity contribution is 5.94. The fourth-order valence-electron chi connectivity index (χ4n) is 5.54. The van der Waals surface area contributed by atoms with Crippen molar-refractivity contribution >= 4 is 5.91 Å². The van der Waals surface area contributed by atoms with Gasteiger partial charge in [-0.15, -0.1) is 0 Å². The minimum atomic E-state index is -0.186. The number of aryl methyl sites for hydroxylation is 1. The third kappa shape index (κ3) is 3.70. The van der Waals surface area contributed by atoms with Gasteiger partial charge in [0.15, 0.2) is 5.69 Å². The standard InChI is InChI=1S/C23H29FN4O/c24-18-8-6-17(7-9-18)14-27-12-3-10-23(15-27)11-13-28(16-23)22(29)21-19-4-1-2-5-20(19)25-26-21/h6-9H,1-5,10-16H2,(H,25,26). The van der Waals surface area contributed by atoms with Crippen LogP contribution >= 0.6 is 0 Å². The van der Waals surface area contributed by atoms with Crippen molar-refractivity contribution in [1.82, 2.24) is 20.0 Å². The molecule has 5 rings (SSSR count). The number of H-pyrrole nitrogens is 1. The molecule has 2 saturated heterocycles. The van der Waals surface area contributed by atoms with Gasteiger partial charge in [-0.2, -0.15) is 5.10 Å². The van der Waals surface area contributed by atoms with Gasteiger partial charge < -0.3 is 4.90 Å². The van der Waals surface area contributed by atoms with Gasteiger partial charge >= 0.3 is 0 Å². The summed E-state index contributed by atoms with van der Waals surface area (Å²) >= 11 is 0. The van der Waals surface area contributed by atoms with Gasteiger partial charge in [-0.1, -0.05) is 12.1 Å². The molecule has 3 aliphatic rings. The number of likely N-dealkylation sites (tertiary alicyclic amines) is 2. The van der Waals surface area contributed by atoms with Crippen molar-refractivity contribution < 1.29 is 9.18 Å². The fourth-order valence-corrected chi connectivity index (χ4v) is 5.54. The number of rotatable bonds is 3. The normalized spacial score (nSPS) is 24.8. The molecule has 0 radical (unpaired) electrons. The summed E-state index contributed by atoms with van der Waals surface area (Å²) in [6.07, 6.45) is 7.70. The molecule has 1 amide bonds. The third-order valence-electron chi connectivity index (χ3n) is 7.04. The zero-order valence-corrected chi connectivity index (χ0v) is 16.9. The van der Waals surface area contributed by atoms with Gasteiger partial charge in [0.2, 0.25) is 0 Å². The summed E-state index contributed by atoms with van der Waals surface area (Å²) in [5.41, 5.74) is 4.32. The first-order valence-electron chi connectivity index (χ1n) is 10.9. The lowest BCUT2D eigenvalue weighted by Gasteiger charge is -2.40. The molecule has 1 aromatic carbocycles. The molecule has 3 heterocycles. The summed E-state index contributed by atoms with van der Waals surface area (Å²) in [5, 5.41) is 7.50. The number of carbonyl (C=O) groups excluding carboxylic acids is 1. The topological polar surface area (TPSA) is 52.2 Å². The smallest absolute Gasteiger partial charge is 0.274 e. The second-order valence-electron chi connectivity index (χ2n) is 9.15. The van der Waals surface area contributed by atoms with Crippen molar-refractivity contribution in [3.63, 3.8) is 0 Å². The maximum Gasteiger partial charge on any atom is 0.274 e. The van der Waals surface area contributed by atoms with E-state index in [4.69, 9.17) is 0 Å². The van der Waals surface area contributed by atoms with Gasteiger partial charge in [0.1, 0.15) is 5.82 Å². The lowest BCUT2D eigenvalue weighted by Crippen LogP contribution is -2.45. The monoisotopic (exact) mass is 396 g/mol. The number of aromatic amines is 1. The van der Waals surface area contributed by atoms with Crippen LogP contribution in [-0.4, -0.2) is 52.1 Å².